The van der Waals surface area contributed by atoms with Gasteiger partial charge in [-0.15, -0.1) is 0 Å². The van der Waals surface area contributed by atoms with Crippen molar-refractivity contribution in [1.29, 1.82) is 0 Å². The van der Waals surface area contributed by atoms with E-state index < -0.39 is 0 Å². The summed E-state index contributed by atoms with van der Waals surface area (Å²) in [5, 5.41) is 7.24. The van der Waals surface area contributed by atoms with Crippen molar-refractivity contribution in [2.45, 2.75) is 6.54 Å². The number of hydrazine groups is 1. The molecule has 0 saturated carbocycles. The van der Waals surface area contributed by atoms with Crippen LogP contribution >= 0.6 is 0 Å². The van der Waals surface area contributed by atoms with Gasteiger partial charge in [0.25, 0.3) is 0 Å². The van der Waals surface area contributed by atoms with Crippen LogP contribution in [-0.2, 0) is 6.54 Å². The average Bonchev–Trinajstić information content (AvgIpc) is 2.82. The Hall–Kier alpha value is -2.15. The van der Waals surface area contributed by atoms with Crippen LogP contribution < -0.4 is 16.6 Å². The van der Waals surface area contributed by atoms with Gasteiger partial charge in [0.2, 0.25) is 5.95 Å². The van der Waals surface area contributed by atoms with Crippen molar-refractivity contribution in [3.63, 3.8) is 0 Å². The van der Waals surface area contributed by atoms with Gasteiger partial charge in [0, 0.05) is 25.1 Å². The molecule has 0 aliphatic heterocycles. The Morgan fingerprint density at radius 2 is 2.31 bits per heavy atom. The number of hydrogen-bond donors (Lipinski definition) is 3. The highest BCUT2D eigenvalue weighted by atomic mass is 15.3. The Morgan fingerprint density at radius 3 is 3.06 bits per heavy atom. The summed E-state index contributed by atoms with van der Waals surface area (Å²) >= 11 is 0. The van der Waals surface area contributed by atoms with E-state index in [0.29, 0.717) is 5.95 Å². The molecule has 0 radical (unpaired) electrons. The van der Waals surface area contributed by atoms with Crippen LogP contribution in [-0.4, -0.2) is 26.3 Å². The zero-order chi connectivity index (χ0) is 11.2. The molecule has 0 atom stereocenters. The Kier molecular flexibility index (Phi) is 3.29. The Bertz CT molecular complexity index is 425. The molecule has 0 spiro atoms. The van der Waals surface area contributed by atoms with E-state index in [1.165, 1.54) is 0 Å². The fourth-order valence-corrected chi connectivity index (χ4v) is 1.26. The Balaban J connectivity index is 1.85. The van der Waals surface area contributed by atoms with Crippen molar-refractivity contribution in [3.8, 4) is 0 Å². The van der Waals surface area contributed by atoms with Gasteiger partial charge in [-0.05, 0) is 12.1 Å². The number of aromatic nitrogens is 4. The molecule has 0 unspecified atom stereocenters. The predicted octanol–water partition coefficient (Wildman–Crippen LogP) is 0.0708. The van der Waals surface area contributed by atoms with Gasteiger partial charge in [0.1, 0.15) is 5.82 Å². The molecule has 2 heterocycles. The second-order valence-electron chi connectivity index (χ2n) is 3.11. The number of nitrogens with two attached hydrogens (primary N) is 1. The van der Waals surface area contributed by atoms with E-state index in [2.05, 4.69) is 25.8 Å². The lowest BCUT2D eigenvalue weighted by atomic mass is 10.5. The SMILES string of the molecule is NNc1nccc(NCCn2cccn2)n1. The largest absolute Gasteiger partial charge is 0.368 e. The number of rotatable bonds is 5. The van der Waals surface area contributed by atoms with Gasteiger partial charge in [0.15, 0.2) is 0 Å². The number of anilines is 2. The molecule has 0 fully saturated rings. The lowest BCUT2D eigenvalue weighted by Crippen LogP contribution is -2.14. The van der Waals surface area contributed by atoms with E-state index in [9.17, 15) is 0 Å². The molecule has 2 aromatic rings. The maximum absolute atomic E-state index is 5.21. The summed E-state index contributed by atoms with van der Waals surface area (Å²) in [5.74, 6) is 6.33. The van der Waals surface area contributed by atoms with Crippen molar-refractivity contribution >= 4 is 11.8 Å². The minimum absolute atomic E-state index is 0.393. The first-order valence-electron chi connectivity index (χ1n) is 4.89. The number of nitrogens with zero attached hydrogens (tertiary/aromatic N) is 4. The summed E-state index contributed by atoms with van der Waals surface area (Å²) in [6, 6.07) is 3.67. The van der Waals surface area contributed by atoms with Gasteiger partial charge in [-0.3, -0.25) is 10.1 Å². The van der Waals surface area contributed by atoms with E-state index in [4.69, 9.17) is 5.84 Å². The van der Waals surface area contributed by atoms with Crippen molar-refractivity contribution in [2.24, 2.45) is 5.84 Å². The van der Waals surface area contributed by atoms with Crippen molar-refractivity contribution < 1.29 is 0 Å². The molecule has 0 aliphatic carbocycles. The maximum Gasteiger partial charge on any atom is 0.239 e. The number of nitrogen functional groups attached to an aromatic ring is 1. The van der Waals surface area contributed by atoms with Crippen molar-refractivity contribution in [3.05, 3.63) is 30.7 Å². The van der Waals surface area contributed by atoms with Gasteiger partial charge in [-0.1, -0.05) is 0 Å². The lowest BCUT2D eigenvalue weighted by Gasteiger charge is -2.06. The number of hydrogen-bond acceptors (Lipinski definition) is 6. The fraction of sp³-hybridized carbons (Fsp3) is 0.222. The zero-order valence-electron chi connectivity index (χ0n) is 8.67. The van der Waals surface area contributed by atoms with Crippen LogP contribution in [0.3, 0.4) is 0 Å². The third-order valence-electron chi connectivity index (χ3n) is 1.99. The molecule has 0 aromatic carbocycles. The minimum atomic E-state index is 0.393. The fourth-order valence-electron chi connectivity index (χ4n) is 1.26. The van der Waals surface area contributed by atoms with Crippen LogP contribution in [0.5, 0.6) is 0 Å². The molecular weight excluding hydrogens is 206 g/mol. The summed E-state index contributed by atoms with van der Waals surface area (Å²) in [5.41, 5.74) is 2.39. The summed E-state index contributed by atoms with van der Waals surface area (Å²) in [4.78, 5) is 8.03. The molecule has 7 heteroatoms. The third-order valence-corrected chi connectivity index (χ3v) is 1.99. The summed E-state index contributed by atoms with van der Waals surface area (Å²) in [6.45, 7) is 1.52. The second-order valence-corrected chi connectivity index (χ2v) is 3.11. The van der Waals surface area contributed by atoms with Gasteiger partial charge in [-0.25, -0.2) is 10.8 Å². The smallest absolute Gasteiger partial charge is 0.239 e. The van der Waals surface area contributed by atoms with Crippen molar-refractivity contribution in [1.82, 2.24) is 19.7 Å². The number of nitrogens with one attached hydrogen (secondary N) is 2. The summed E-state index contributed by atoms with van der Waals surface area (Å²) in [7, 11) is 0. The zero-order valence-corrected chi connectivity index (χ0v) is 8.67. The highest BCUT2D eigenvalue weighted by molar-refractivity contribution is 5.38. The van der Waals surface area contributed by atoms with E-state index in [0.717, 1.165) is 18.9 Å². The van der Waals surface area contributed by atoms with Gasteiger partial charge >= 0.3 is 0 Å². The predicted molar refractivity (Wildman–Crippen MR) is 60.6 cm³/mol. The van der Waals surface area contributed by atoms with E-state index >= 15 is 0 Å². The first-order valence-corrected chi connectivity index (χ1v) is 4.89. The summed E-state index contributed by atoms with van der Waals surface area (Å²) in [6.07, 6.45) is 5.30. The second kappa shape index (κ2) is 5.08. The van der Waals surface area contributed by atoms with Crippen LogP contribution in [0.1, 0.15) is 0 Å². The molecule has 2 rings (SSSR count). The standard InChI is InChI=1S/C9H13N7/c10-15-9-12-4-2-8(14-9)11-5-7-16-6-1-3-13-16/h1-4,6H,5,7,10H2,(H2,11,12,14,15). The molecule has 2 aromatic heterocycles. The molecule has 0 amide bonds. The summed E-state index contributed by atoms with van der Waals surface area (Å²) < 4.78 is 1.84. The highest BCUT2D eigenvalue weighted by Gasteiger charge is 1.96. The first kappa shape index (κ1) is 10.4. The molecule has 0 saturated heterocycles. The van der Waals surface area contributed by atoms with Crippen LogP contribution in [0.2, 0.25) is 0 Å². The van der Waals surface area contributed by atoms with E-state index in [1.54, 1.807) is 18.5 Å². The van der Waals surface area contributed by atoms with E-state index in [-0.39, 0.29) is 0 Å². The van der Waals surface area contributed by atoms with Crippen LogP contribution in [0.15, 0.2) is 30.7 Å². The molecule has 16 heavy (non-hydrogen) atoms. The molecule has 0 aliphatic rings. The molecule has 0 bridgehead atoms. The maximum atomic E-state index is 5.21. The lowest BCUT2D eigenvalue weighted by molar-refractivity contribution is 0.637. The Morgan fingerprint density at radius 1 is 1.38 bits per heavy atom. The van der Waals surface area contributed by atoms with Gasteiger partial charge in [-0.2, -0.15) is 10.1 Å². The minimum Gasteiger partial charge on any atom is -0.368 e. The van der Waals surface area contributed by atoms with Gasteiger partial charge in [0.05, 0.1) is 6.54 Å². The van der Waals surface area contributed by atoms with Crippen LogP contribution in [0, 0.1) is 0 Å². The monoisotopic (exact) mass is 219 g/mol. The third kappa shape index (κ3) is 2.67. The molecule has 84 valence electrons. The van der Waals surface area contributed by atoms with Crippen LogP contribution in [0.4, 0.5) is 11.8 Å². The van der Waals surface area contributed by atoms with Crippen molar-refractivity contribution in [2.75, 3.05) is 17.3 Å². The molecule has 4 N–H and O–H groups in total. The normalized spacial score (nSPS) is 10.1. The van der Waals surface area contributed by atoms with Gasteiger partial charge < -0.3 is 5.32 Å². The topological polar surface area (TPSA) is 93.7 Å². The molecular formula is C9H13N7. The first-order chi connectivity index (χ1) is 7.88. The average molecular weight is 219 g/mol. The quantitative estimate of drug-likeness (QED) is 0.486. The molecule has 7 nitrogen and oxygen atoms in total. The van der Waals surface area contributed by atoms with Crippen LogP contribution in [0.25, 0.3) is 0 Å². The van der Waals surface area contributed by atoms with E-state index in [1.807, 2.05) is 16.9 Å². The Labute approximate surface area is 92.7 Å². The highest BCUT2D eigenvalue weighted by Crippen LogP contribution is 2.03.